The van der Waals surface area contributed by atoms with Gasteiger partial charge in [0.25, 0.3) is 5.91 Å². The number of carbonyl (C=O) groups excluding carboxylic acids is 2. The average Bonchev–Trinajstić information content (AvgIpc) is 3.12. The second-order valence-corrected chi connectivity index (χ2v) is 6.98. The van der Waals surface area contributed by atoms with Crippen molar-refractivity contribution in [2.75, 3.05) is 11.9 Å². The first kappa shape index (κ1) is 20.4. The number of hydrogen-bond donors (Lipinski definition) is 1. The number of amides is 1. The van der Waals surface area contributed by atoms with Gasteiger partial charge in [0, 0.05) is 11.4 Å². The topological polar surface area (TPSA) is 77.5 Å². The molecule has 1 aromatic heterocycles. The van der Waals surface area contributed by atoms with Crippen LogP contribution in [-0.4, -0.2) is 23.5 Å². The number of ether oxygens (including phenoxy) is 2. The van der Waals surface area contributed by atoms with Gasteiger partial charge in [-0.05, 0) is 43.3 Å². The quantitative estimate of drug-likeness (QED) is 0.585. The number of hydrogen-bond acceptors (Lipinski definition) is 6. The summed E-state index contributed by atoms with van der Waals surface area (Å²) in [6, 6.07) is 8.93. The number of benzene rings is 2. The molecule has 0 aliphatic heterocycles. The lowest BCUT2D eigenvalue weighted by Crippen LogP contribution is -2.21. The number of aryl methyl sites for hydroxylation is 1. The van der Waals surface area contributed by atoms with E-state index in [1.807, 2.05) is 12.3 Å². The average molecular weight is 418 g/mol. The summed E-state index contributed by atoms with van der Waals surface area (Å²) in [6.07, 6.45) is 0. The predicted molar refractivity (Wildman–Crippen MR) is 103 cm³/mol. The van der Waals surface area contributed by atoms with E-state index in [9.17, 15) is 18.4 Å². The monoisotopic (exact) mass is 418 g/mol. The summed E-state index contributed by atoms with van der Waals surface area (Å²) in [4.78, 5) is 28.1. The van der Waals surface area contributed by atoms with Crippen LogP contribution >= 0.6 is 11.3 Å². The largest absolute Gasteiger partial charge is 0.487 e. The Kier molecular flexibility index (Phi) is 6.50. The number of esters is 1. The Morgan fingerprint density at radius 1 is 1.14 bits per heavy atom. The molecular weight excluding hydrogens is 402 g/mol. The zero-order valence-corrected chi connectivity index (χ0v) is 16.1. The molecule has 0 aliphatic rings. The third-order valence-electron chi connectivity index (χ3n) is 3.68. The van der Waals surface area contributed by atoms with E-state index in [1.165, 1.54) is 23.5 Å². The molecule has 150 valence electrons. The van der Waals surface area contributed by atoms with Crippen molar-refractivity contribution in [2.24, 2.45) is 0 Å². The van der Waals surface area contributed by atoms with Gasteiger partial charge in [-0.15, -0.1) is 11.3 Å². The van der Waals surface area contributed by atoms with Crippen LogP contribution in [-0.2, 0) is 16.1 Å². The molecule has 3 rings (SSSR count). The smallest absolute Gasteiger partial charge is 0.338 e. The molecule has 0 fully saturated rings. The maximum Gasteiger partial charge on any atom is 0.338 e. The molecule has 3 aromatic rings. The van der Waals surface area contributed by atoms with Gasteiger partial charge in [-0.1, -0.05) is 0 Å². The van der Waals surface area contributed by atoms with Gasteiger partial charge < -0.3 is 14.8 Å². The number of carbonyl (C=O) groups is 2. The van der Waals surface area contributed by atoms with E-state index in [0.717, 1.165) is 22.8 Å². The maximum absolute atomic E-state index is 13.5. The SMILES string of the molecule is Cc1nc(COc2ccc(C(=O)OCC(=O)Nc3ccc(F)cc3F)cc2)cs1. The highest BCUT2D eigenvalue weighted by atomic mass is 32.1. The highest BCUT2D eigenvalue weighted by Gasteiger charge is 2.12. The highest BCUT2D eigenvalue weighted by Crippen LogP contribution is 2.17. The van der Waals surface area contributed by atoms with Gasteiger partial charge in [-0.3, -0.25) is 4.79 Å². The molecule has 1 amide bonds. The molecule has 0 bridgehead atoms. The minimum absolute atomic E-state index is 0.204. The van der Waals surface area contributed by atoms with E-state index in [2.05, 4.69) is 10.3 Å². The molecular formula is C20H16F2N2O4S. The number of anilines is 1. The summed E-state index contributed by atoms with van der Waals surface area (Å²) in [5, 5.41) is 5.06. The van der Waals surface area contributed by atoms with Gasteiger partial charge in [0.15, 0.2) is 6.61 Å². The van der Waals surface area contributed by atoms with Crippen LogP contribution < -0.4 is 10.1 Å². The Morgan fingerprint density at radius 2 is 1.90 bits per heavy atom. The highest BCUT2D eigenvalue weighted by molar-refractivity contribution is 7.09. The number of thiazole rings is 1. The fraction of sp³-hybridized carbons (Fsp3) is 0.150. The normalized spacial score (nSPS) is 10.4. The fourth-order valence-electron chi connectivity index (χ4n) is 2.31. The van der Waals surface area contributed by atoms with Crippen LogP contribution in [0.3, 0.4) is 0 Å². The maximum atomic E-state index is 13.5. The lowest BCUT2D eigenvalue weighted by Gasteiger charge is -2.08. The Bertz CT molecular complexity index is 1020. The summed E-state index contributed by atoms with van der Waals surface area (Å²) in [5.74, 6) is -2.60. The van der Waals surface area contributed by atoms with Gasteiger partial charge >= 0.3 is 5.97 Å². The summed E-state index contributed by atoms with van der Waals surface area (Å²) >= 11 is 1.53. The summed E-state index contributed by atoms with van der Waals surface area (Å²) < 4.78 is 36.9. The first-order valence-electron chi connectivity index (χ1n) is 8.46. The van der Waals surface area contributed by atoms with Crippen molar-refractivity contribution in [2.45, 2.75) is 13.5 Å². The number of nitrogens with one attached hydrogen (secondary N) is 1. The summed E-state index contributed by atoms with van der Waals surface area (Å²) in [6.45, 7) is 1.61. The first-order valence-corrected chi connectivity index (χ1v) is 9.34. The molecule has 0 spiro atoms. The van der Waals surface area contributed by atoms with E-state index in [4.69, 9.17) is 9.47 Å². The van der Waals surface area contributed by atoms with Crippen LogP contribution in [0.5, 0.6) is 5.75 Å². The molecule has 0 unspecified atom stereocenters. The number of aromatic nitrogens is 1. The molecule has 6 nitrogen and oxygen atoms in total. The third-order valence-corrected chi connectivity index (χ3v) is 4.51. The Morgan fingerprint density at radius 3 is 2.55 bits per heavy atom. The number of nitrogens with zero attached hydrogens (tertiary/aromatic N) is 1. The van der Waals surface area contributed by atoms with Crippen LogP contribution in [0.15, 0.2) is 47.8 Å². The second kappa shape index (κ2) is 9.24. The standard InChI is InChI=1S/C20H16F2N2O4S/c1-12-23-15(11-29-12)9-27-16-5-2-13(3-6-16)20(26)28-10-19(25)24-18-7-4-14(21)8-17(18)22/h2-8,11H,9-10H2,1H3,(H,24,25). The Hall–Kier alpha value is -3.33. The van der Waals surface area contributed by atoms with E-state index < -0.39 is 30.1 Å². The van der Waals surface area contributed by atoms with Crippen molar-refractivity contribution in [1.82, 2.24) is 4.98 Å². The molecule has 1 N–H and O–H groups in total. The van der Waals surface area contributed by atoms with Crippen molar-refractivity contribution < 1.29 is 27.8 Å². The molecule has 1 heterocycles. The van der Waals surface area contributed by atoms with E-state index >= 15 is 0 Å². The minimum Gasteiger partial charge on any atom is -0.487 e. The molecule has 0 saturated heterocycles. The molecule has 0 radical (unpaired) electrons. The van der Waals surface area contributed by atoms with Gasteiger partial charge in [0.05, 0.1) is 22.0 Å². The zero-order chi connectivity index (χ0) is 20.8. The first-order chi connectivity index (χ1) is 13.9. The predicted octanol–water partition coefficient (Wildman–Crippen LogP) is 4.10. The molecule has 0 atom stereocenters. The van der Waals surface area contributed by atoms with E-state index in [-0.39, 0.29) is 11.3 Å². The van der Waals surface area contributed by atoms with E-state index in [0.29, 0.717) is 18.4 Å². The second-order valence-electron chi connectivity index (χ2n) is 5.92. The Labute approximate surface area is 169 Å². The minimum atomic E-state index is -0.923. The van der Waals surface area contributed by atoms with Crippen molar-refractivity contribution >= 4 is 28.9 Å². The van der Waals surface area contributed by atoms with Gasteiger partial charge in [0.2, 0.25) is 0 Å². The zero-order valence-electron chi connectivity index (χ0n) is 15.3. The van der Waals surface area contributed by atoms with Gasteiger partial charge in [0.1, 0.15) is 24.0 Å². The van der Waals surface area contributed by atoms with E-state index in [1.54, 1.807) is 12.1 Å². The van der Waals surface area contributed by atoms with Crippen molar-refractivity contribution in [1.29, 1.82) is 0 Å². The number of halogens is 2. The van der Waals surface area contributed by atoms with Gasteiger partial charge in [-0.2, -0.15) is 0 Å². The molecule has 0 aliphatic carbocycles. The van der Waals surface area contributed by atoms with Crippen molar-refractivity contribution in [3.05, 3.63) is 75.7 Å². The Balaban J connectivity index is 1.48. The molecule has 29 heavy (non-hydrogen) atoms. The molecule has 9 heteroatoms. The van der Waals surface area contributed by atoms with Crippen LogP contribution in [0.4, 0.5) is 14.5 Å². The van der Waals surface area contributed by atoms with Gasteiger partial charge in [-0.25, -0.2) is 18.6 Å². The van der Waals surface area contributed by atoms with Crippen LogP contribution in [0, 0.1) is 18.6 Å². The summed E-state index contributed by atoms with van der Waals surface area (Å²) in [7, 11) is 0. The number of rotatable bonds is 7. The fourth-order valence-corrected chi connectivity index (χ4v) is 2.91. The molecule has 0 saturated carbocycles. The summed E-state index contributed by atoms with van der Waals surface area (Å²) in [5.41, 5.74) is 0.839. The van der Waals surface area contributed by atoms with Crippen LogP contribution in [0.2, 0.25) is 0 Å². The third kappa shape index (κ3) is 5.82. The lowest BCUT2D eigenvalue weighted by molar-refractivity contribution is -0.119. The lowest BCUT2D eigenvalue weighted by atomic mass is 10.2. The van der Waals surface area contributed by atoms with Crippen molar-refractivity contribution in [3.63, 3.8) is 0 Å². The molecule has 2 aromatic carbocycles. The van der Waals surface area contributed by atoms with Crippen molar-refractivity contribution in [3.8, 4) is 5.75 Å². The van der Waals surface area contributed by atoms with Crippen LogP contribution in [0.25, 0.3) is 0 Å². The van der Waals surface area contributed by atoms with Crippen LogP contribution in [0.1, 0.15) is 21.1 Å².